The van der Waals surface area contributed by atoms with Crippen LogP contribution in [0.1, 0.15) is 35.8 Å². The molecule has 1 N–H and O–H groups in total. The third kappa shape index (κ3) is 2.43. The summed E-state index contributed by atoms with van der Waals surface area (Å²) in [6.07, 6.45) is 6.90. The summed E-state index contributed by atoms with van der Waals surface area (Å²) >= 11 is 0. The minimum atomic E-state index is -1.06. The summed E-state index contributed by atoms with van der Waals surface area (Å²) in [6, 6.07) is 0. The van der Waals surface area contributed by atoms with Crippen LogP contribution in [-0.2, 0) is 0 Å². The normalized spacial score (nSPS) is 10.8. The molecule has 1 aromatic rings. The van der Waals surface area contributed by atoms with E-state index >= 15 is 0 Å². The highest BCUT2D eigenvalue weighted by atomic mass is 16.5. The molecule has 1 rings (SSSR count). The molecule has 4 nitrogen and oxygen atoms in total. The molecule has 4 heteroatoms. The largest absolute Gasteiger partial charge is 0.476 e. The first-order valence-electron chi connectivity index (χ1n) is 4.10. The number of carbonyl (C=O) groups is 1. The Morgan fingerprint density at radius 2 is 2.54 bits per heavy atom. The van der Waals surface area contributed by atoms with Crippen LogP contribution in [0.3, 0.4) is 0 Å². The Morgan fingerprint density at radius 3 is 3.15 bits per heavy atom. The van der Waals surface area contributed by atoms with Gasteiger partial charge < -0.3 is 9.63 Å². The molecule has 1 heterocycles. The number of carboxylic acid groups (broad SMARTS) is 1. The molecule has 0 aliphatic rings. The molecular formula is C9H11NO3. The maximum absolute atomic E-state index is 10.6. The molecule has 13 heavy (non-hydrogen) atoms. The van der Waals surface area contributed by atoms with Crippen molar-refractivity contribution in [1.82, 2.24) is 5.16 Å². The van der Waals surface area contributed by atoms with Gasteiger partial charge in [0.1, 0.15) is 6.26 Å². The number of aromatic carboxylic acids is 1. The van der Waals surface area contributed by atoms with E-state index in [1.54, 1.807) is 6.08 Å². The monoisotopic (exact) mass is 181 g/mol. The topological polar surface area (TPSA) is 63.3 Å². The number of rotatable bonds is 4. The van der Waals surface area contributed by atoms with Crippen molar-refractivity contribution in [3.05, 3.63) is 23.6 Å². The van der Waals surface area contributed by atoms with Crippen molar-refractivity contribution in [1.29, 1.82) is 0 Å². The van der Waals surface area contributed by atoms with Crippen molar-refractivity contribution in [3.8, 4) is 0 Å². The van der Waals surface area contributed by atoms with Gasteiger partial charge in [0.15, 0.2) is 5.69 Å². The van der Waals surface area contributed by atoms with Crippen LogP contribution < -0.4 is 0 Å². The number of allylic oxidation sites excluding steroid dienone is 1. The van der Waals surface area contributed by atoms with Crippen molar-refractivity contribution < 1.29 is 14.4 Å². The number of nitrogens with zero attached hydrogens (tertiary/aromatic N) is 1. The van der Waals surface area contributed by atoms with Crippen LogP contribution in [0.2, 0.25) is 0 Å². The third-order valence-electron chi connectivity index (χ3n) is 1.55. The first kappa shape index (κ1) is 9.51. The minimum absolute atomic E-state index is 0.0349. The Bertz CT molecular complexity index is 314. The summed E-state index contributed by atoms with van der Waals surface area (Å²) in [5.74, 6) is -1.06. The fraction of sp³-hybridized carbons (Fsp3) is 0.333. The summed E-state index contributed by atoms with van der Waals surface area (Å²) in [4.78, 5) is 10.6. The maximum Gasteiger partial charge on any atom is 0.358 e. The van der Waals surface area contributed by atoms with E-state index in [1.807, 2.05) is 6.08 Å². The van der Waals surface area contributed by atoms with Gasteiger partial charge >= 0.3 is 5.97 Å². The molecule has 1 aromatic heterocycles. The molecular weight excluding hydrogens is 170 g/mol. The predicted molar refractivity (Wildman–Crippen MR) is 47.4 cm³/mol. The minimum Gasteiger partial charge on any atom is -0.476 e. The highest BCUT2D eigenvalue weighted by Gasteiger charge is 2.11. The van der Waals surface area contributed by atoms with Crippen molar-refractivity contribution >= 4 is 12.0 Å². The molecule has 0 aromatic carbocycles. The number of unbranched alkanes of at least 4 members (excludes halogenated alkanes) is 1. The maximum atomic E-state index is 10.6. The van der Waals surface area contributed by atoms with Crippen LogP contribution in [0.4, 0.5) is 0 Å². The molecule has 0 saturated heterocycles. The van der Waals surface area contributed by atoms with Crippen LogP contribution in [0.25, 0.3) is 6.08 Å². The van der Waals surface area contributed by atoms with Crippen molar-refractivity contribution in [2.24, 2.45) is 0 Å². The van der Waals surface area contributed by atoms with E-state index < -0.39 is 5.97 Å². The predicted octanol–water partition coefficient (Wildman–Crippen LogP) is 2.19. The zero-order valence-electron chi connectivity index (χ0n) is 7.36. The van der Waals surface area contributed by atoms with E-state index in [-0.39, 0.29) is 5.69 Å². The number of hydrogen-bond acceptors (Lipinski definition) is 3. The van der Waals surface area contributed by atoms with Crippen molar-refractivity contribution in [2.75, 3.05) is 0 Å². The highest BCUT2D eigenvalue weighted by molar-refractivity contribution is 5.89. The lowest BCUT2D eigenvalue weighted by atomic mass is 10.2. The Kier molecular flexibility index (Phi) is 3.25. The second-order valence-corrected chi connectivity index (χ2v) is 2.61. The number of aromatic nitrogens is 1. The van der Waals surface area contributed by atoms with Gasteiger partial charge in [-0.3, -0.25) is 0 Å². The van der Waals surface area contributed by atoms with Crippen LogP contribution in [-0.4, -0.2) is 16.2 Å². The fourth-order valence-electron chi connectivity index (χ4n) is 0.902. The van der Waals surface area contributed by atoms with Gasteiger partial charge in [0.2, 0.25) is 0 Å². The van der Waals surface area contributed by atoms with E-state index in [2.05, 4.69) is 16.6 Å². The number of hydrogen-bond donors (Lipinski definition) is 1. The van der Waals surface area contributed by atoms with Crippen LogP contribution in [0, 0.1) is 0 Å². The average molecular weight is 181 g/mol. The van der Waals surface area contributed by atoms with Crippen molar-refractivity contribution in [3.63, 3.8) is 0 Å². The summed E-state index contributed by atoms with van der Waals surface area (Å²) in [5, 5.41) is 12.0. The molecule has 0 fully saturated rings. The van der Waals surface area contributed by atoms with Gasteiger partial charge in [-0.2, -0.15) is 0 Å². The van der Waals surface area contributed by atoms with Gasteiger partial charge in [-0.25, -0.2) is 4.79 Å². The van der Waals surface area contributed by atoms with Crippen molar-refractivity contribution in [2.45, 2.75) is 19.8 Å². The molecule has 0 unspecified atom stereocenters. The zero-order chi connectivity index (χ0) is 9.68. The summed E-state index contributed by atoms with van der Waals surface area (Å²) in [6.45, 7) is 2.05. The molecule has 0 radical (unpaired) electrons. The highest BCUT2D eigenvalue weighted by Crippen LogP contribution is 2.09. The molecule has 0 bridgehead atoms. The molecule has 0 atom stereocenters. The summed E-state index contributed by atoms with van der Waals surface area (Å²) < 4.78 is 4.56. The molecule has 0 amide bonds. The van der Waals surface area contributed by atoms with E-state index in [0.717, 1.165) is 12.8 Å². The molecule has 0 aliphatic heterocycles. The summed E-state index contributed by atoms with van der Waals surface area (Å²) in [5.41, 5.74) is 0.480. The smallest absolute Gasteiger partial charge is 0.358 e. The van der Waals surface area contributed by atoms with Gasteiger partial charge in [-0.05, 0) is 6.42 Å². The van der Waals surface area contributed by atoms with E-state index in [4.69, 9.17) is 5.11 Å². The zero-order valence-corrected chi connectivity index (χ0v) is 7.36. The van der Waals surface area contributed by atoms with Gasteiger partial charge in [0, 0.05) is 5.56 Å². The van der Waals surface area contributed by atoms with E-state index in [0.29, 0.717) is 5.56 Å². The second-order valence-electron chi connectivity index (χ2n) is 2.61. The quantitative estimate of drug-likeness (QED) is 0.773. The SMILES string of the molecule is CCCC=Cc1conc1C(=O)O. The summed E-state index contributed by atoms with van der Waals surface area (Å²) in [7, 11) is 0. The lowest BCUT2D eigenvalue weighted by Gasteiger charge is -1.87. The Balaban J connectivity index is 2.76. The van der Waals surface area contributed by atoms with Crippen LogP contribution in [0.5, 0.6) is 0 Å². The van der Waals surface area contributed by atoms with Crippen LogP contribution >= 0.6 is 0 Å². The molecule has 0 aliphatic carbocycles. The van der Waals surface area contributed by atoms with Crippen LogP contribution in [0.15, 0.2) is 16.9 Å². The molecule has 0 saturated carbocycles. The average Bonchev–Trinajstić information content (AvgIpc) is 2.53. The first-order chi connectivity index (χ1) is 6.25. The lowest BCUT2D eigenvalue weighted by molar-refractivity contribution is 0.0685. The van der Waals surface area contributed by atoms with E-state index in [1.165, 1.54) is 6.26 Å². The van der Waals surface area contributed by atoms with Gasteiger partial charge in [0.05, 0.1) is 0 Å². The third-order valence-corrected chi connectivity index (χ3v) is 1.55. The second kappa shape index (κ2) is 4.45. The van der Waals surface area contributed by atoms with E-state index in [9.17, 15) is 4.79 Å². The standard InChI is InChI=1S/C9H11NO3/c1-2-3-4-5-7-6-13-10-8(7)9(11)12/h4-6H,2-3H2,1H3,(H,11,12). The molecule has 70 valence electrons. The Labute approximate surface area is 75.9 Å². The lowest BCUT2D eigenvalue weighted by Crippen LogP contribution is -1.98. The Morgan fingerprint density at radius 1 is 1.77 bits per heavy atom. The molecule has 0 spiro atoms. The Hall–Kier alpha value is -1.58. The van der Waals surface area contributed by atoms with Gasteiger partial charge in [-0.15, -0.1) is 0 Å². The number of carboxylic acids is 1. The first-order valence-corrected chi connectivity index (χ1v) is 4.10. The van der Waals surface area contributed by atoms with Gasteiger partial charge in [-0.1, -0.05) is 30.7 Å². The fourth-order valence-corrected chi connectivity index (χ4v) is 0.902. The van der Waals surface area contributed by atoms with Gasteiger partial charge in [0.25, 0.3) is 0 Å².